The highest BCUT2D eigenvalue weighted by molar-refractivity contribution is 5.88. The molecule has 5 nitrogen and oxygen atoms in total. The lowest BCUT2D eigenvalue weighted by atomic mass is 9.94. The fourth-order valence-electron chi connectivity index (χ4n) is 5.14. The minimum atomic E-state index is -0.351. The summed E-state index contributed by atoms with van der Waals surface area (Å²) in [5, 5.41) is 9.31. The summed E-state index contributed by atoms with van der Waals surface area (Å²) in [5.74, 6) is -0.818. The third kappa shape index (κ3) is 7.59. The molecule has 2 amide bonds. The average Bonchev–Trinajstić information content (AvgIpc) is 3.49. The molecule has 0 spiro atoms. The first-order chi connectivity index (χ1) is 19.2. The third-order valence-electron chi connectivity index (χ3n) is 7.44. The number of hydrogen-bond donors (Lipinski definition) is 3. The van der Waals surface area contributed by atoms with E-state index in [0.29, 0.717) is 26.2 Å². The molecule has 1 saturated heterocycles. The van der Waals surface area contributed by atoms with Crippen molar-refractivity contribution in [1.82, 2.24) is 16.0 Å². The molecule has 4 aromatic rings. The molecule has 0 unspecified atom stereocenters. The molecule has 206 valence electrons. The molecule has 2 atom stereocenters. The highest BCUT2D eigenvalue weighted by Crippen LogP contribution is 2.21. The van der Waals surface area contributed by atoms with Gasteiger partial charge in [0.2, 0.25) is 11.8 Å². The smallest absolute Gasteiger partial charge is 0.225 e. The number of halogens is 1. The molecule has 0 bridgehead atoms. The van der Waals surface area contributed by atoms with Crippen molar-refractivity contribution >= 4 is 24.2 Å². The van der Waals surface area contributed by atoms with Crippen LogP contribution in [0.15, 0.2) is 109 Å². The molecule has 40 heavy (non-hydrogen) atoms. The first-order valence-corrected chi connectivity index (χ1v) is 13.7. The fourth-order valence-corrected chi connectivity index (χ4v) is 5.14. The number of rotatable bonds is 10. The molecule has 1 aliphatic rings. The van der Waals surface area contributed by atoms with Gasteiger partial charge in [0.25, 0.3) is 0 Å². The molecular weight excluding hydrogens is 518 g/mol. The van der Waals surface area contributed by atoms with E-state index in [2.05, 4.69) is 88.7 Å². The minimum Gasteiger partial charge on any atom is -0.355 e. The second kappa shape index (κ2) is 14.5. The van der Waals surface area contributed by atoms with Gasteiger partial charge in [0.1, 0.15) is 0 Å². The van der Waals surface area contributed by atoms with Crippen LogP contribution in [0.3, 0.4) is 0 Å². The van der Waals surface area contributed by atoms with E-state index >= 15 is 0 Å². The Kier molecular flexibility index (Phi) is 10.5. The highest BCUT2D eigenvalue weighted by atomic mass is 35.5. The molecular formula is C34H36ClN3O2. The van der Waals surface area contributed by atoms with E-state index in [1.807, 2.05) is 36.4 Å². The average molecular weight is 554 g/mol. The molecule has 1 aliphatic heterocycles. The zero-order valence-corrected chi connectivity index (χ0v) is 23.3. The van der Waals surface area contributed by atoms with Crippen LogP contribution in [0.2, 0.25) is 0 Å². The van der Waals surface area contributed by atoms with Gasteiger partial charge < -0.3 is 16.0 Å². The van der Waals surface area contributed by atoms with Crippen molar-refractivity contribution in [3.8, 4) is 22.3 Å². The first kappa shape index (κ1) is 29.1. The van der Waals surface area contributed by atoms with Gasteiger partial charge in [0, 0.05) is 26.2 Å². The molecule has 0 radical (unpaired) electrons. The summed E-state index contributed by atoms with van der Waals surface area (Å²) in [5.41, 5.74) is 7.08. The standard InChI is InChI=1S/C34H35N3O2.ClH/c38-33(36-21-19-25-11-15-29(16-12-25)27-7-3-1-4-8-27)31-23-35-24-32(31)34(39)37-22-20-26-13-17-30(18-14-26)28-9-5-2-6-10-28;/h1-18,31-32,35H,19-24H2,(H,36,38)(H,37,39);1H/t31-,32-;/m0./s1. The summed E-state index contributed by atoms with van der Waals surface area (Å²) in [7, 11) is 0. The SMILES string of the molecule is Cl.O=C(NCCc1ccc(-c2ccccc2)cc1)[C@H]1CNC[C@@H]1C(=O)NCCc1ccc(-c2ccccc2)cc1. The van der Waals surface area contributed by atoms with Crippen molar-refractivity contribution in [2.45, 2.75) is 12.8 Å². The minimum absolute atomic E-state index is 0. The predicted octanol–water partition coefficient (Wildman–Crippen LogP) is 5.30. The third-order valence-corrected chi connectivity index (χ3v) is 7.44. The Morgan fingerprint density at radius 2 is 0.900 bits per heavy atom. The van der Waals surface area contributed by atoms with E-state index in [-0.39, 0.29) is 36.1 Å². The summed E-state index contributed by atoms with van der Waals surface area (Å²) < 4.78 is 0. The van der Waals surface area contributed by atoms with Crippen LogP contribution in [0, 0.1) is 11.8 Å². The van der Waals surface area contributed by atoms with Crippen molar-refractivity contribution in [1.29, 1.82) is 0 Å². The van der Waals surface area contributed by atoms with E-state index in [0.717, 1.165) is 12.8 Å². The first-order valence-electron chi connectivity index (χ1n) is 13.7. The quantitative estimate of drug-likeness (QED) is 0.250. The van der Waals surface area contributed by atoms with E-state index in [1.54, 1.807) is 0 Å². The van der Waals surface area contributed by atoms with Crippen LogP contribution in [0.4, 0.5) is 0 Å². The van der Waals surface area contributed by atoms with Crippen LogP contribution in [-0.2, 0) is 22.4 Å². The van der Waals surface area contributed by atoms with Crippen LogP contribution in [0.5, 0.6) is 0 Å². The number of carbonyl (C=O) groups excluding carboxylic acids is 2. The summed E-state index contributed by atoms with van der Waals surface area (Å²) >= 11 is 0. The van der Waals surface area contributed by atoms with Gasteiger partial charge in [-0.1, -0.05) is 109 Å². The second-order valence-corrected chi connectivity index (χ2v) is 10.1. The van der Waals surface area contributed by atoms with Crippen molar-refractivity contribution in [2.24, 2.45) is 11.8 Å². The Morgan fingerprint density at radius 3 is 1.27 bits per heavy atom. The molecule has 0 saturated carbocycles. The monoisotopic (exact) mass is 553 g/mol. The summed E-state index contributed by atoms with van der Waals surface area (Å²) in [4.78, 5) is 25.8. The zero-order chi connectivity index (χ0) is 26.9. The van der Waals surface area contributed by atoms with E-state index in [9.17, 15) is 9.59 Å². The molecule has 1 heterocycles. The van der Waals surface area contributed by atoms with Gasteiger partial charge in [-0.25, -0.2) is 0 Å². The maximum Gasteiger partial charge on any atom is 0.225 e. The molecule has 4 aromatic carbocycles. The molecule has 6 heteroatoms. The van der Waals surface area contributed by atoms with Crippen LogP contribution in [0.1, 0.15) is 11.1 Å². The number of amides is 2. The Bertz CT molecular complexity index is 1250. The summed E-state index contributed by atoms with van der Waals surface area (Å²) in [6.45, 7) is 2.15. The number of carbonyl (C=O) groups is 2. The number of benzene rings is 4. The summed E-state index contributed by atoms with van der Waals surface area (Å²) in [6, 6.07) is 37.5. The molecule has 0 aromatic heterocycles. The van der Waals surface area contributed by atoms with Crippen LogP contribution >= 0.6 is 12.4 Å². The van der Waals surface area contributed by atoms with Crippen LogP contribution < -0.4 is 16.0 Å². The van der Waals surface area contributed by atoms with E-state index < -0.39 is 0 Å². The largest absolute Gasteiger partial charge is 0.355 e. The normalized spacial score (nSPS) is 16.1. The molecule has 5 rings (SSSR count). The zero-order valence-electron chi connectivity index (χ0n) is 22.5. The van der Waals surface area contributed by atoms with Crippen molar-refractivity contribution < 1.29 is 9.59 Å². The molecule has 1 fully saturated rings. The molecule has 0 aliphatic carbocycles. The van der Waals surface area contributed by atoms with Gasteiger partial charge in [0.05, 0.1) is 11.8 Å². The van der Waals surface area contributed by atoms with Crippen molar-refractivity contribution in [3.63, 3.8) is 0 Å². The summed E-state index contributed by atoms with van der Waals surface area (Å²) in [6.07, 6.45) is 1.50. The topological polar surface area (TPSA) is 70.2 Å². The van der Waals surface area contributed by atoms with Crippen molar-refractivity contribution in [2.75, 3.05) is 26.2 Å². The van der Waals surface area contributed by atoms with Gasteiger partial charge in [-0.2, -0.15) is 0 Å². The van der Waals surface area contributed by atoms with Gasteiger partial charge in [-0.15, -0.1) is 12.4 Å². The lowest BCUT2D eigenvalue weighted by Gasteiger charge is -2.18. The number of nitrogens with one attached hydrogen (secondary N) is 3. The maximum absolute atomic E-state index is 12.9. The second-order valence-electron chi connectivity index (χ2n) is 10.1. The van der Waals surface area contributed by atoms with Crippen LogP contribution in [-0.4, -0.2) is 38.0 Å². The fraction of sp³-hybridized carbons (Fsp3) is 0.235. The van der Waals surface area contributed by atoms with Crippen molar-refractivity contribution in [3.05, 3.63) is 120 Å². The van der Waals surface area contributed by atoms with E-state index in [1.165, 1.54) is 33.4 Å². The molecule has 3 N–H and O–H groups in total. The Labute approximate surface area is 242 Å². The van der Waals surface area contributed by atoms with E-state index in [4.69, 9.17) is 0 Å². The Balaban J connectivity index is 0.00000370. The lowest BCUT2D eigenvalue weighted by molar-refractivity contribution is -0.132. The van der Waals surface area contributed by atoms with Gasteiger partial charge in [0.15, 0.2) is 0 Å². The van der Waals surface area contributed by atoms with Crippen LogP contribution in [0.25, 0.3) is 22.3 Å². The van der Waals surface area contributed by atoms with Gasteiger partial charge in [-0.3, -0.25) is 9.59 Å². The van der Waals surface area contributed by atoms with Gasteiger partial charge in [-0.05, 0) is 46.2 Å². The predicted molar refractivity (Wildman–Crippen MR) is 164 cm³/mol. The Hall–Kier alpha value is -3.93. The number of hydrogen-bond acceptors (Lipinski definition) is 3. The van der Waals surface area contributed by atoms with Gasteiger partial charge >= 0.3 is 0 Å². The maximum atomic E-state index is 12.9. The Morgan fingerprint density at radius 1 is 0.550 bits per heavy atom. The lowest BCUT2D eigenvalue weighted by Crippen LogP contribution is -2.42. The highest BCUT2D eigenvalue weighted by Gasteiger charge is 2.37.